The van der Waals surface area contributed by atoms with E-state index in [0.717, 1.165) is 24.9 Å². The fraction of sp³-hybridized carbons (Fsp3) is 0.556. The van der Waals surface area contributed by atoms with Gasteiger partial charge >= 0.3 is 0 Å². The third kappa shape index (κ3) is 4.09. The highest BCUT2D eigenvalue weighted by molar-refractivity contribution is 5.92. The van der Waals surface area contributed by atoms with Gasteiger partial charge in [-0.05, 0) is 56.4 Å². The van der Waals surface area contributed by atoms with Crippen molar-refractivity contribution >= 4 is 17.5 Å². The molecule has 120 valence electrons. The second-order valence-corrected chi connectivity index (χ2v) is 6.19. The van der Waals surface area contributed by atoms with E-state index in [1.54, 1.807) is 0 Å². The van der Waals surface area contributed by atoms with Gasteiger partial charge in [0.2, 0.25) is 11.8 Å². The van der Waals surface area contributed by atoms with Crippen molar-refractivity contribution in [1.29, 1.82) is 0 Å². The van der Waals surface area contributed by atoms with Crippen molar-refractivity contribution in [2.75, 3.05) is 18.4 Å². The summed E-state index contributed by atoms with van der Waals surface area (Å²) in [5.74, 6) is 0.300. The number of carbonyl (C=O) groups is 2. The molecule has 1 heterocycles. The van der Waals surface area contributed by atoms with Gasteiger partial charge in [-0.15, -0.1) is 0 Å². The number of nitrogens with zero attached hydrogens (tertiary/aromatic N) is 1. The average molecular weight is 302 g/mol. The van der Waals surface area contributed by atoms with Crippen molar-refractivity contribution in [3.63, 3.8) is 0 Å². The van der Waals surface area contributed by atoms with Gasteiger partial charge in [0.25, 0.3) is 0 Å². The molecule has 0 radical (unpaired) electrons. The first-order valence-electron chi connectivity index (χ1n) is 8.17. The molecule has 0 spiro atoms. The molecule has 1 saturated heterocycles. The zero-order valence-electron chi connectivity index (χ0n) is 13.8. The van der Waals surface area contributed by atoms with Crippen molar-refractivity contribution < 1.29 is 9.59 Å². The second-order valence-electron chi connectivity index (χ2n) is 6.19. The molecule has 0 atom stereocenters. The largest absolute Gasteiger partial charge is 0.343 e. The lowest BCUT2D eigenvalue weighted by Crippen LogP contribution is -2.41. The van der Waals surface area contributed by atoms with Crippen LogP contribution in [0, 0.1) is 19.8 Å². The summed E-state index contributed by atoms with van der Waals surface area (Å²) >= 11 is 0. The minimum absolute atomic E-state index is 0.00675. The maximum absolute atomic E-state index is 12.4. The molecule has 4 nitrogen and oxygen atoms in total. The number of rotatable bonds is 4. The number of hydrogen-bond donors (Lipinski definition) is 1. The first-order chi connectivity index (χ1) is 10.5. The summed E-state index contributed by atoms with van der Waals surface area (Å²) in [6.45, 7) is 7.52. The maximum Gasteiger partial charge on any atom is 0.227 e. The van der Waals surface area contributed by atoms with Crippen LogP contribution in [0.5, 0.6) is 0 Å². The van der Waals surface area contributed by atoms with E-state index in [-0.39, 0.29) is 17.7 Å². The predicted molar refractivity (Wildman–Crippen MR) is 88.8 cm³/mol. The van der Waals surface area contributed by atoms with Crippen molar-refractivity contribution in [2.24, 2.45) is 5.92 Å². The van der Waals surface area contributed by atoms with Crippen LogP contribution < -0.4 is 5.32 Å². The molecule has 1 aromatic carbocycles. The van der Waals surface area contributed by atoms with E-state index < -0.39 is 0 Å². The van der Waals surface area contributed by atoms with Gasteiger partial charge in [-0.25, -0.2) is 0 Å². The molecule has 1 aliphatic heterocycles. The Morgan fingerprint density at radius 3 is 2.45 bits per heavy atom. The SMILES string of the molecule is CCCC(=O)N1CCC(C(=O)Nc2ccc(C)c(C)c2)CC1. The third-order valence-corrected chi connectivity index (χ3v) is 4.46. The standard InChI is InChI=1S/C18H26N2O2/c1-4-5-17(21)20-10-8-15(9-11-20)18(22)19-16-7-6-13(2)14(3)12-16/h6-7,12,15H,4-5,8-11H2,1-3H3,(H,19,22). The van der Waals surface area contributed by atoms with Crippen molar-refractivity contribution in [1.82, 2.24) is 4.90 Å². The molecule has 1 aliphatic rings. The van der Waals surface area contributed by atoms with Crippen molar-refractivity contribution in [2.45, 2.75) is 46.5 Å². The molecule has 0 bridgehead atoms. The van der Waals surface area contributed by atoms with Crippen molar-refractivity contribution in [3.05, 3.63) is 29.3 Å². The normalized spacial score (nSPS) is 15.7. The number of hydrogen-bond acceptors (Lipinski definition) is 2. The Hall–Kier alpha value is -1.84. The molecule has 1 aromatic rings. The highest BCUT2D eigenvalue weighted by Gasteiger charge is 2.26. The number of benzene rings is 1. The van der Waals surface area contributed by atoms with Gasteiger partial charge < -0.3 is 10.2 Å². The Balaban J connectivity index is 1.87. The van der Waals surface area contributed by atoms with Gasteiger partial charge in [-0.1, -0.05) is 13.0 Å². The monoisotopic (exact) mass is 302 g/mol. The summed E-state index contributed by atoms with van der Waals surface area (Å²) in [5, 5.41) is 3.01. The fourth-order valence-electron chi connectivity index (χ4n) is 2.83. The Labute approximate surface area is 132 Å². The first kappa shape index (κ1) is 16.5. The number of piperidine rings is 1. The van der Waals surface area contributed by atoms with E-state index in [2.05, 4.69) is 12.2 Å². The van der Waals surface area contributed by atoms with E-state index in [1.807, 2.05) is 36.9 Å². The van der Waals surface area contributed by atoms with Gasteiger partial charge in [0.15, 0.2) is 0 Å². The summed E-state index contributed by atoms with van der Waals surface area (Å²) in [4.78, 5) is 26.1. The zero-order chi connectivity index (χ0) is 16.1. The number of anilines is 1. The molecule has 1 N–H and O–H groups in total. The van der Waals surface area contributed by atoms with E-state index in [1.165, 1.54) is 11.1 Å². The highest BCUT2D eigenvalue weighted by Crippen LogP contribution is 2.21. The molecular weight excluding hydrogens is 276 g/mol. The van der Waals surface area contributed by atoms with Crippen LogP contribution in [0.3, 0.4) is 0 Å². The van der Waals surface area contributed by atoms with Gasteiger partial charge in [0, 0.05) is 31.1 Å². The maximum atomic E-state index is 12.4. The van der Waals surface area contributed by atoms with Crippen LogP contribution in [0.1, 0.15) is 43.7 Å². The zero-order valence-corrected chi connectivity index (χ0v) is 13.8. The van der Waals surface area contributed by atoms with E-state index in [9.17, 15) is 9.59 Å². The summed E-state index contributed by atoms with van der Waals surface area (Å²) in [6.07, 6.45) is 3.00. The minimum atomic E-state index is 0.00675. The quantitative estimate of drug-likeness (QED) is 0.928. The molecule has 0 saturated carbocycles. The van der Waals surface area contributed by atoms with Crippen LogP contribution >= 0.6 is 0 Å². The molecule has 0 unspecified atom stereocenters. The minimum Gasteiger partial charge on any atom is -0.343 e. The van der Waals surface area contributed by atoms with Crippen molar-refractivity contribution in [3.8, 4) is 0 Å². The topological polar surface area (TPSA) is 49.4 Å². The number of aryl methyl sites for hydroxylation is 2. The van der Waals surface area contributed by atoms with Gasteiger partial charge in [-0.2, -0.15) is 0 Å². The van der Waals surface area contributed by atoms with Gasteiger partial charge in [-0.3, -0.25) is 9.59 Å². The molecular formula is C18H26N2O2. The van der Waals surface area contributed by atoms with Crippen LogP contribution in [0.25, 0.3) is 0 Å². The smallest absolute Gasteiger partial charge is 0.227 e. The average Bonchev–Trinajstić information content (AvgIpc) is 2.51. The van der Waals surface area contributed by atoms with Crippen LogP contribution in [0.4, 0.5) is 5.69 Å². The lowest BCUT2D eigenvalue weighted by molar-refractivity contribution is -0.134. The summed E-state index contributed by atoms with van der Waals surface area (Å²) in [5.41, 5.74) is 3.26. The number of likely N-dealkylation sites (tertiary alicyclic amines) is 1. The number of carbonyl (C=O) groups excluding carboxylic acids is 2. The number of nitrogens with one attached hydrogen (secondary N) is 1. The first-order valence-corrected chi connectivity index (χ1v) is 8.17. The lowest BCUT2D eigenvalue weighted by Gasteiger charge is -2.31. The van der Waals surface area contributed by atoms with Gasteiger partial charge in [0.1, 0.15) is 0 Å². The molecule has 0 aromatic heterocycles. The lowest BCUT2D eigenvalue weighted by atomic mass is 9.95. The van der Waals surface area contributed by atoms with E-state index >= 15 is 0 Å². The molecule has 2 rings (SSSR count). The Morgan fingerprint density at radius 2 is 1.86 bits per heavy atom. The summed E-state index contributed by atoms with van der Waals surface area (Å²) in [7, 11) is 0. The molecule has 4 heteroatoms. The molecule has 22 heavy (non-hydrogen) atoms. The van der Waals surface area contributed by atoms with Crippen LogP contribution in [0.2, 0.25) is 0 Å². The highest BCUT2D eigenvalue weighted by atomic mass is 16.2. The summed E-state index contributed by atoms with van der Waals surface area (Å²) < 4.78 is 0. The van der Waals surface area contributed by atoms with E-state index in [0.29, 0.717) is 19.5 Å². The molecule has 0 aliphatic carbocycles. The Bertz CT molecular complexity index is 546. The summed E-state index contributed by atoms with van der Waals surface area (Å²) in [6, 6.07) is 5.98. The van der Waals surface area contributed by atoms with E-state index in [4.69, 9.17) is 0 Å². The third-order valence-electron chi connectivity index (χ3n) is 4.46. The fourth-order valence-corrected chi connectivity index (χ4v) is 2.83. The molecule has 2 amide bonds. The number of amides is 2. The van der Waals surface area contributed by atoms with Gasteiger partial charge in [0.05, 0.1) is 0 Å². The predicted octanol–water partition coefficient (Wildman–Crippen LogP) is 3.28. The Morgan fingerprint density at radius 1 is 1.18 bits per heavy atom. The molecule has 1 fully saturated rings. The Kier molecular flexibility index (Phi) is 5.58. The second kappa shape index (κ2) is 7.43. The van der Waals surface area contributed by atoms with Crippen LogP contribution in [-0.2, 0) is 9.59 Å². The van der Waals surface area contributed by atoms with Crippen LogP contribution in [0.15, 0.2) is 18.2 Å². The van der Waals surface area contributed by atoms with Crippen LogP contribution in [-0.4, -0.2) is 29.8 Å².